The molecule has 0 bridgehead atoms. The molecule has 1 aliphatic heterocycles. The van der Waals surface area contributed by atoms with E-state index in [4.69, 9.17) is 5.11 Å². The molecule has 2 aromatic heterocycles. The zero-order chi connectivity index (χ0) is 19.3. The van der Waals surface area contributed by atoms with Crippen LogP contribution in [-0.4, -0.2) is 38.8 Å². The van der Waals surface area contributed by atoms with Crippen molar-refractivity contribution in [1.82, 2.24) is 14.6 Å². The van der Waals surface area contributed by atoms with Crippen molar-refractivity contribution in [1.29, 1.82) is 0 Å². The summed E-state index contributed by atoms with van der Waals surface area (Å²) in [6.07, 6.45) is -3.80. The molecule has 142 valence electrons. The molecule has 2 aromatic rings. The van der Waals surface area contributed by atoms with E-state index in [1.54, 1.807) is 11.0 Å². The van der Waals surface area contributed by atoms with Gasteiger partial charge in [0.25, 0.3) is 0 Å². The van der Waals surface area contributed by atoms with Gasteiger partial charge in [-0.15, -0.1) is 0 Å². The van der Waals surface area contributed by atoms with Gasteiger partial charge in [-0.2, -0.15) is 22.8 Å². The van der Waals surface area contributed by atoms with Crippen molar-refractivity contribution in [3.63, 3.8) is 0 Å². The van der Waals surface area contributed by atoms with Crippen molar-refractivity contribution in [2.24, 2.45) is 5.92 Å². The van der Waals surface area contributed by atoms with Gasteiger partial charge in [0.05, 0.1) is 11.6 Å². The molecular weight excluding hydrogens is 349 g/mol. The highest BCUT2D eigenvalue weighted by Crippen LogP contribution is 2.33. The molecular formula is C17H21F3N4O2. The van der Waals surface area contributed by atoms with E-state index in [0.717, 1.165) is 6.07 Å². The number of piperidine rings is 1. The Kier molecular flexibility index (Phi) is 4.36. The van der Waals surface area contributed by atoms with Crippen molar-refractivity contribution in [2.45, 2.75) is 45.2 Å². The number of nitrogens with zero attached hydrogens (tertiary/aromatic N) is 4. The Hall–Kier alpha value is -2.32. The molecule has 0 aromatic carbocycles. The molecule has 0 radical (unpaired) electrons. The molecule has 0 aliphatic carbocycles. The Morgan fingerprint density at radius 3 is 2.27 bits per heavy atom. The Morgan fingerprint density at radius 1 is 1.15 bits per heavy atom. The van der Waals surface area contributed by atoms with E-state index >= 15 is 0 Å². The van der Waals surface area contributed by atoms with Crippen LogP contribution in [0.5, 0.6) is 0 Å². The van der Waals surface area contributed by atoms with Gasteiger partial charge in [-0.1, -0.05) is 20.8 Å². The van der Waals surface area contributed by atoms with E-state index in [9.17, 15) is 18.0 Å². The van der Waals surface area contributed by atoms with Gasteiger partial charge in [-0.3, -0.25) is 4.79 Å². The van der Waals surface area contributed by atoms with Gasteiger partial charge in [0.2, 0.25) is 0 Å². The van der Waals surface area contributed by atoms with Crippen LogP contribution in [0.25, 0.3) is 5.65 Å². The summed E-state index contributed by atoms with van der Waals surface area (Å²) in [6.45, 7) is 6.50. The lowest BCUT2D eigenvalue weighted by Crippen LogP contribution is -2.37. The number of hydrogen-bond acceptors (Lipinski definition) is 4. The molecule has 9 heteroatoms. The number of carboxylic acid groups (broad SMARTS) is 1. The number of fused-ring (bicyclic) bond motifs is 1. The summed E-state index contributed by atoms with van der Waals surface area (Å²) in [7, 11) is 0. The Balaban J connectivity index is 2.07. The van der Waals surface area contributed by atoms with Gasteiger partial charge in [-0.25, -0.2) is 4.98 Å². The number of aliphatic carboxylic acids is 1. The lowest BCUT2D eigenvalue weighted by atomic mass is 9.93. The third-order valence-electron chi connectivity index (χ3n) is 4.64. The first kappa shape index (κ1) is 18.5. The van der Waals surface area contributed by atoms with Gasteiger partial charge >= 0.3 is 12.1 Å². The van der Waals surface area contributed by atoms with Crippen LogP contribution in [0, 0.1) is 5.92 Å². The molecule has 0 amide bonds. The molecule has 1 fully saturated rings. The quantitative estimate of drug-likeness (QED) is 0.878. The molecule has 0 saturated carbocycles. The van der Waals surface area contributed by atoms with E-state index in [1.165, 1.54) is 4.52 Å². The SMILES string of the molecule is CC(C)(C)c1cc2nc(C(F)(F)F)cc(N3CCC(C(=O)O)CC3)n2n1. The van der Waals surface area contributed by atoms with Crippen molar-refractivity contribution in [3.05, 3.63) is 23.5 Å². The highest BCUT2D eigenvalue weighted by molar-refractivity contribution is 5.70. The van der Waals surface area contributed by atoms with Crippen LogP contribution >= 0.6 is 0 Å². The van der Waals surface area contributed by atoms with Gasteiger partial charge in [0.1, 0.15) is 5.82 Å². The van der Waals surface area contributed by atoms with Crippen molar-refractivity contribution in [3.8, 4) is 0 Å². The van der Waals surface area contributed by atoms with Crippen LogP contribution in [0.3, 0.4) is 0 Å². The highest BCUT2D eigenvalue weighted by atomic mass is 19.4. The number of anilines is 1. The fourth-order valence-electron chi connectivity index (χ4n) is 3.05. The van der Waals surface area contributed by atoms with Crippen LogP contribution in [0.15, 0.2) is 12.1 Å². The summed E-state index contributed by atoms with van der Waals surface area (Å²) in [5.41, 5.74) is -0.522. The maximum atomic E-state index is 13.3. The Bertz CT molecular complexity index is 831. The standard InChI is InChI=1S/C17H21F3N4O2/c1-16(2,3)11-8-13-21-12(17(18,19)20)9-14(24(13)22-11)23-6-4-10(5-7-23)15(25)26/h8-10H,4-7H2,1-3H3,(H,25,26). The maximum absolute atomic E-state index is 13.3. The second-order valence-electron chi connectivity index (χ2n) is 7.65. The maximum Gasteiger partial charge on any atom is 0.433 e. The normalized spacial score (nSPS) is 17.1. The summed E-state index contributed by atoms with van der Waals surface area (Å²) >= 11 is 0. The molecule has 3 heterocycles. The van der Waals surface area contributed by atoms with E-state index in [-0.39, 0.29) is 11.1 Å². The third-order valence-corrected chi connectivity index (χ3v) is 4.64. The minimum absolute atomic E-state index is 0.139. The Labute approximate surface area is 148 Å². The van der Waals surface area contributed by atoms with Crippen LogP contribution in [-0.2, 0) is 16.4 Å². The first-order valence-corrected chi connectivity index (χ1v) is 8.43. The Morgan fingerprint density at radius 2 is 1.77 bits per heavy atom. The molecule has 26 heavy (non-hydrogen) atoms. The molecule has 0 unspecified atom stereocenters. The molecule has 1 aliphatic rings. The lowest BCUT2D eigenvalue weighted by Gasteiger charge is -2.32. The fourth-order valence-corrected chi connectivity index (χ4v) is 3.05. The molecule has 3 rings (SSSR count). The first-order chi connectivity index (χ1) is 12.0. The summed E-state index contributed by atoms with van der Waals surface area (Å²) in [5, 5.41) is 13.6. The predicted octanol–water partition coefficient (Wildman–Crippen LogP) is 3.35. The fraction of sp³-hybridized carbons (Fsp3) is 0.588. The summed E-state index contributed by atoms with van der Waals surface area (Å²) in [5.74, 6) is -1.04. The third kappa shape index (κ3) is 3.47. The second kappa shape index (κ2) is 6.14. The molecule has 1 saturated heterocycles. The average molecular weight is 370 g/mol. The van der Waals surface area contributed by atoms with Gasteiger partial charge in [-0.05, 0) is 12.8 Å². The van der Waals surface area contributed by atoms with Crippen LogP contribution in [0.1, 0.15) is 45.0 Å². The summed E-state index contributed by atoms with van der Waals surface area (Å²) < 4.78 is 41.3. The van der Waals surface area contributed by atoms with Gasteiger partial charge < -0.3 is 10.0 Å². The van der Waals surface area contributed by atoms with Crippen LogP contribution in [0.2, 0.25) is 0 Å². The van der Waals surface area contributed by atoms with Crippen LogP contribution in [0.4, 0.5) is 19.0 Å². The number of halogens is 3. The molecule has 0 atom stereocenters. The zero-order valence-corrected chi connectivity index (χ0v) is 14.8. The molecule has 6 nitrogen and oxygen atoms in total. The summed E-state index contributed by atoms with van der Waals surface area (Å²) in [4.78, 5) is 16.6. The first-order valence-electron chi connectivity index (χ1n) is 8.43. The lowest BCUT2D eigenvalue weighted by molar-refractivity contribution is -0.142. The predicted molar refractivity (Wildman–Crippen MR) is 89.3 cm³/mol. The van der Waals surface area contributed by atoms with Gasteiger partial charge in [0, 0.05) is 30.6 Å². The smallest absolute Gasteiger partial charge is 0.433 e. The molecule has 0 spiro atoms. The van der Waals surface area contributed by atoms with E-state index in [2.05, 4.69) is 10.1 Å². The van der Waals surface area contributed by atoms with E-state index in [1.807, 2.05) is 20.8 Å². The second-order valence-corrected chi connectivity index (χ2v) is 7.65. The minimum Gasteiger partial charge on any atom is -0.481 e. The average Bonchev–Trinajstić information content (AvgIpc) is 2.97. The van der Waals surface area contributed by atoms with E-state index in [0.29, 0.717) is 37.4 Å². The zero-order valence-electron chi connectivity index (χ0n) is 14.8. The minimum atomic E-state index is -4.57. The monoisotopic (exact) mass is 370 g/mol. The number of alkyl halides is 3. The van der Waals surface area contributed by atoms with Gasteiger partial charge in [0.15, 0.2) is 11.3 Å². The van der Waals surface area contributed by atoms with E-state index < -0.39 is 23.8 Å². The number of carboxylic acids is 1. The van der Waals surface area contributed by atoms with Crippen molar-refractivity contribution in [2.75, 3.05) is 18.0 Å². The van der Waals surface area contributed by atoms with Crippen molar-refractivity contribution >= 4 is 17.4 Å². The highest BCUT2D eigenvalue weighted by Gasteiger charge is 2.35. The summed E-state index contributed by atoms with van der Waals surface area (Å²) in [6, 6.07) is 2.57. The van der Waals surface area contributed by atoms with Crippen LogP contribution < -0.4 is 4.90 Å². The molecule has 1 N–H and O–H groups in total. The topological polar surface area (TPSA) is 70.7 Å². The number of rotatable bonds is 2. The number of aromatic nitrogens is 3. The largest absolute Gasteiger partial charge is 0.481 e. The number of carbonyl (C=O) groups is 1. The number of hydrogen-bond donors (Lipinski definition) is 1. The van der Waals surface area contributed by atoms with Crippen molar-refractivity contribution < 1.29 is 23.1 Å².